The second kappa shape index (κ2) is 4.06. The van der Waals surface area contributed by atoms with Crippen molar-refractivity contribution >= 4 is 11.6 Å². The van der Waals surface area contributed by atoms with E-state index < -0.39 is 0 Å². The fourth-order valence-corrected chi connectivity index (χ4v) is 5.89. The van der Waals surface area contributed by atoms with E-state index in [0.717, 1.165) is 37.2 Å². The molecule has 23 heavy (non-hydrogen) atoms. The second-order valence-electron chi connectivity index (χ2n) is 7.35. The predicted molar refractivity (Wildman–Crippen MR) is 88.3 cm³/mol. The van der Waals surface area contributed by atoms with Crippen LogP contribution in [0.2, 0.25) is 0 Å². The molecule has 4 atom stereocenters. The van der Waals surface area contributed by atoms with Crippen LogP contribution in [-0.2, 0) is 10.2 Å². The van der Waals surface area contributed by atoms with Crippen LogP contribution in [0.1, 0.15) is 18.4 Å². The van der Waals surface area contributed by atoms with E-state index >= 15 is 0 Å². The Balaban J connectivity index is 1.84. The zero-order chi connectivity index (χ0) is 15.8. The maximum atomic E-state index is 12.9. The van der Waals surface area contributed by atoms with Crippen molar-refractivity contribution in [2.75, 3.05) is 18.4 Å². The number of hydrogen-bond donors (Lipinski definition) is 2. The summed E-state index contributed by atoms with van der Waals surface area (Å²) in [6, 6.07) is 5.67. The van der Waals surface area contributed by atoms with Crippen LogP contribution in [-0.4, -0.2) is 35.0 Å². The van der Waals surface area contributed by atoms with E-state index in [1.54, 1.807) is 12.1 Å². The minimum atomic E-state index is -0.304. The Morgan fingerprint density at radius 3 is 3.13 bits per heavy atom. The average molecular weight is 308 g/mol. The zero-order valence-electron chi connectivity index (χ0n) is 13.0. The van der Waals surface area contributed by atoms with Crippen molar-refractivity contribution in [3.8, 4) is 5.75 Å². The van der Waals surface area contributed by atoms with Gasteiger partial charge in [-0.3, -0.25) is 9.69 Å². The monoisotopic (exact) mass is 308 g/mol. The number of hydrogen-bond acceptors (Lipinski definition) is 3. The van der Waals surface area contributed by atoms with Crippen LogP contribution in [0, 0.1) is 11.3 Å². The van der Waals surface area contributed by atoms with Gasteiger partial charge in [-0.2, -0.15) is 0 Å². The number of carbonyl (C=O) groups excluding carboxylic acids is 1. The fourth-order valence-electron chi connectivity index (χ4n) is 5.89. The molecule has 0 bridgehead atoms. The van der Waals surface area contributed by atoms with E-state index in [1.807, 2.05) is 12.1 Å². The van der Waals surface area contributed by atoms with Gasteiger partial charge in [0.1, 0.15) is 5.75 Å². The number of amides is 1. The van der Waals surface area contributed by atoms with Crippen LogP contribution >= 0.6 is 0 Å². The zero-order valence-corrected chi connectivity index (χ0v) is 13.0. The number of aromatic hydroxyl groups is 1. The number of nitrogens with one attached hydrogen (secondary N) is 1. The van der Waals surface area contributed by atoms with Crippen molar-refractivity contribution in [1.29, 1.82) is 0 Å². The molecule has 1 aromatic rings. The summed E-state index contributed by atoms with van der Waals surface area (Å²) in [4.78, 5) is 15.3. The fraction of sp³-hybridized carbons (Fsp3) is 0.421. The highest BCUT2D eigenvalue weighted by Crippen LogP contribution is 2.66. The lowest BCUT2D eigenvalue weighted by Gasteiger charge is -2.45. The summed E-state index contributed by atoms with van der Waals surface area (Å²) >= 11 is 0. The summed E-state index contributed by atoms with van der Waals surface area (Å²) < 4.78 is 0. The number of phenols is 1. The first-order chi connectivity index (χ1) is 11.1. The lowest BCUT2D eigenvalue weighted by atomic mass is 9.65. The van der Waals surface area contributed by atoms with Gasteiger partial charge in [0, 0.05) is 34.7 Å². The van der Waals surface area contributed by atoms with E-state index in [0.29, 0.717) is 5.75 Å². The van der Waals surface area contributed by atoms with Crippen molar-refractivity contribution < 1.29 is 9.90 Å². The lowest BCUT2D eigenvalue weighted by Crippen LogP contribution is -2.52. The van der Waals surface area contributed by atoms with Gasteiger partial charge in [-0.1, -0.05) is 24.3 Å². The number of rotatable bonds is 1. The molecule has 1 saturated heterocycles. The lowest BCUT2D eigenvalue weighted by molar-refractivity contribution is -0.122. The molecule has 4 heteroatoms. The van der Waals surface area contributed by atoms with E-state index in [4.69, 9.17) is 0 Å². The number of phenolic OH excluding ortho intramolecular Hbond substituents is 1. The van der Waals surface area contributed by atoms with Crippen LogP contribution in [0.4, 0.5) is 5.69 Å². The SMILES string of the molecule is C=CC12C=CCN3CCC4(c5c(O)cccc5NC(=O)C4C1)C32. The van der Waals surface area contributed by atoms with Gasteiger partial charge in [0.25, 0.3) is 0 Å². The molecule has 4 aliphatic rings. The van der Waals surface area contributed by atoms with E-state index in [-0.39, 0.29) is 28.7 Å². The number of carbonyl (C=O) groups is 1. The first-order valence-electron chi connectivity index (χ1n) is 8.31. The number of anilines is 1. The molecule has 1 aromatic carbocycles. The highest BCUT2D eigenvalue weighted by molar-refractivity contribution is 5.99. The van der Waals surface area contributed by atoms with Crippen molar-refractivity contribution in [2.24, 2.45) is 11.3 Å². The summed E-state index contributed by atoms with van der Waals surface area (Å²) in [6.07, 6.45) is 8.17. The molecule has 1 aliphatic carbocycles. The predicted octanol–water partition coefficient (Wildman–Crippen LogP) is 2.42. The third kappa shape index (κ3) is 1.35. The molecule has 0 aromatic heterocycles. The molecule has 1 saturated carbocycles. The molecular formula is C19H20N2O2. The molecule has 3 aliphatic heterocycles. The highest BCUT2D eigenvalue weighted by atomic mass is 16.3. The van der Waals surface area contributed by atoms with Crippen LogP contribution < -0.4 is 5.32 Å². The van der Waals surface area contributed by atoms with Gasteiger partial charge >= 0.3 is 0 Å². The minimum Gasteiger partial charge on any atom is -0.508 e. The molecule has 0 radical (unpaired) electrons. The van der Waals surface area contributed by atoms with Gasteiger partial charge in [0.05, 0.1) is 5.92 Å². The Morgan fingerprint density at radius 1 is 1.43 bits per heavy atom. The minimum absolute atomic E-state index is 0.0916. The van der Waals surface area contributed by atoms with Crippen LogP contribution in [0.25, 0.3) is 0 Å². The van der Waals surface area contributed by atoms with Crippen LogP contribution in [0.5, 0.6) is 5.75 Å². The molecule has 4 unspecified atom stereocenters. The second-order valence-corrected chi connectivity index (χ2v) is 7.35. The highest BCUT2D eigenvalue weighted by Gasteiger charge is 2.70. The van der Waals surface area contributed by atoms with Crippen molar-refractivity contribution in [3.63, 3.8) is 0 Å². The van der Waals surface area contributed by atoms with E-state index in [1.165, 1.54) is 0 Å². The smallest absolute Gasteiger partial charge is 0.228 e. The van der Waals surface area contributed by atoms with Crippen LogP contribution in [0.3, 0.4) is 0 Å². The Labute approximate surface area is 135 Å². The molecule has 5 rings (SSSR count). The standard InChI is InChI=1S/C19H20N2O2/c1-2-18-7-4-9-21-10-8-19(17(18)21)12(11-18)16(23)20-13-5-3-6-14(22)15(13)19/h2-7,12,17,22H,1,8-11H2,(H,20,23). The Hall–Kier alpha value is -2.07. The summed E-state index contributed by atoms with van der Waals surface area (Å²) in [7, 11) is 0. The van der Waals surface area contributed by atoms with Gasteiger partial charge in [-0.15, -0.1) is 6.58 Å². The topological polar surface area (TPSA) is 52.6 Å². The largest absolute Gasteiger partial charge is 0.508 e. The van der Waals surface area contributed by atoms with Gasteiger partial charge in [-0.05, 0) is 31.5 Å². The normalized spacial score (nSPS) is 40.3. The molecular weight excluding hydrogens is 288 g/mol. The molecule has 1 spiro atoms. The van der Waals surface area contributed by atoms with Crippen molar-refractivity contribution in [1.82, 2.24) is 4.90 Å². The summed E-state index contributed by atoms with van der Waals surface area (Å²) in [5.74, 6) is 0.289. The quantitative estimate of drug-likeness (QED) is 0.784. The van der Waals surface area contributed by atoms with Crippen LogP contribution in [0.15, 0.2) is 43.0 Å². The maximum Gasteiger partial charge on any atom is 0.228 e. The number of benzene rings is 1. The Bertz CT molecular complexity index is 771. The Kier molecular flexibility index (Phi) is 2.36. The molecule has 2 fully saturated rings. The number of nitrogens with zero attached hydrogens (tertiary/aromatic N) is 1. The molecule has 1 amide bonds. The molecule has 3 heterocycles. The van der Waals surface area contributed by atoms with E-state index in [9.17, 15) is 9.90 Å². The molecule has 4 nitrogen and oxygen atoms in total. The van der Waals surface area contributed by atoms with Gasteiger partial charge in [-0.25, -0.2) is 0 Å². The summed E-state index contributed by atoms with van der Waals surface area (Å²) in [5, 5.41) is 13.7. The first kappa shape index (κ1) is 13.4. The van der Waals surface area contributed by atoms with Crippen molar-refractivity contribution in [3.05, 3.63) is 48.6 Å². The van der Waals surface area contributed by atoms with Gasteiger partial charge in [0.2, 0.25) is 5.91 Å². The third-order valence-electron chi connectivity index (χ3n) is 6.58. The average Bonchev–Trinajstić information content (AvgIpc) is 3.07. The van der Waals surface area contributed by atoms with Gasteiger partial charge in [0.15, 0.2) is 0 Å². The Morgan fingerprint density at radius 2 is 2.30 bits per heavy atom. The summed E-state index contributed by atoms with van der Waals surface area (Å²) in [6.45, 7) is 5.98. The van der Waals surface area contributed by atoms with E-state index in [2.05, 4.69) is 28.9 Å². The first-order valence-corrected chi connectivity index (χ1v) is 8.31. The number of fused-ring (bicyclic) bond motifs is 1. The molecule has 2 N–H and O–H groups in total. The summed E-state index contributed by atoms with van der Waals surface area (Å²) in [5.41, 5.74) is 1.24. The maximum absolute atomic E-state index is 12.9. The molecule has 118 valence electrons. The van der Waals surface area contributed by atoms with Crippen molar-refractivity contribution in [2.45, 2.75) is 24.3 Å². The third-order valence-corrected chi connectivity index (χ3v) is 6.58. The van der Waals surface area contributed by atoms with Gasteiger partial charge < -0.3 is 10.4 Å².